The van der Waals surface area contributed by atoms with Crippen molar-refractivity contribution in [3.63, 3.8) is 0 Å². The number of rotatable bonds is 3. The van der Waals surface area contributed by atoms with Gasteiger partial charge in [0.1, 0.15) is 6.07 Å². The number of allylic oxidation sites excluding steroid dienone is 1. The molecule has 21 heavy (non-hydrogen) atoms. The first kappa shape index (κ1) is 13.4. The average molecular weight is 275 g/mol. The molecule has 1 aromatic heterocycles. The van der Waals surface area contributed by atoms with Crippen molar-refractivity contribution in [2.24, 2.45) is 0 Å². The summed E-state index contributed by atoms with van der Waals surface area (Å²) in [5.41, 5.74) is 3.59. The van der Waals surface area contributed by atoms with E-state index in [2.05, 4.69) is 40.2 Å². The molecule has 0 amide bonds. The van der Waals surface area contributed by atoms with E-state index in [0.29, 0.717) is 11.3 Å². The highest BCUT2D eigenvalue weighted by molar-refractivity contribution is 5.88. The lowest BCUT2D eigenvalue weighted by Gasteiger charge is -2.17. The molecule has 0 unspecified atom stereocenters. The Balaban J connectivity index is 1.83. The van der Waals surface area contributed by atoms with Gasteiger partial charge < -0.3 is 4.90 Å². The second kappa shape index (κ2) is 6.23. The van der Waals surface area contributed by atoms with Gasteiger partial charge in [-0.3, -0.25) is 4.98 Å². The van der Waals surface area contributed by atoms with Crippen molar-refractivity contribution in [3.05, 3.63) is 59.9 Å². The Labute approximate surface area is 125 Å². The molecule has 2 aromatic rings. The van der Waals surface area contributed by atoms with E-state index < -0.39 is 0 Å². The first-order valence-electron chi connectivity index (χ1n) is 7.25. The third kappa shape index (κ3) is 3.11. The van der Waals surface area contributed by atoms with Crippen LogP contribution in [0.3, 0.4) is 0 Å². The summed E-state index contributed by atoms with van der Waals surface area (Å²) in [6, 6.07) is 16.2. The molecule has 1 saturated heterocycles. The maximum atomic E-state index is 9.30. The molecule has 0 spiro atoms. The van der Waals surface area contributed by atoms with Gasteiger partial charge in [-0.05, 0) is 48.7 Å². The Kier molecular flexibility index (Phi) is 3.97. The Hall–Kier alpha value is -2.60. The molecule has 0 atom stereocenters. The molecule has 1 aliphatic heterocycles. The van der Waals surface area contributed by atoms with Crippen LogP contribution < -0.4 is 4.90 Å². The maximum absolute atomic E-state index is 9.30. The van der Waals surface area contributed by atoms with Crippen molar-refractivity contribution in [1.82, 2.24) is 4.98 Å². The van der Waals surface area contributed by atoms with Gasteiger partial charge in [0.2, 0.25) is 0 Å². The lowest BCUT2D eigenvalue weighted by molar-refractivity contribution is 0.949. The van der Waals surface area contributed by atoms with Crippen molar-refractivity contribution >= 4 is 17.3 Å². The summed E-state index contributed by atoms with van der Waals surface area (Å²) in [5, 5.41) is 9.30. The Morgan fingerprint density at radius 2 is 1.86 bits per heavy atom. The van der Waals surface area contributed by atoms with Gasteiger partial charge in [-0.1, -0.05) is 18.2 Å². The van der Waals surface area contributed by atoms with E-state index in [9.17, 15) is 5.26 Å². The van der Waals surface area contributed by atoms with Crippen LogP contribution in [0.5, 0.6) is 0 Å². The van der Waals surface area contributed by atoms with E-state index in [0.717, 1.165) is 18.7 Å². The largest absolute Gasteiger partial charge is 0.372 e. The second-order valence-electron chi connectivity index (χ2n) is 5.17. The quantitative estimate of drug-likeness (QED) is 0.801. The predicted molar refractivity (Wildman–Crippen MR) is 85.6 cm³/mol. The number of hydrogen-bond acceptors (Lipinski definition) is 3. The fourth-order valence-electron chi connectivity index (χ4n) is 2.61. The third-order valence-corrected chi connectivity index (χ3v) is 3.74. The average Bonchev–Trinajstić information content (AvgIpc) is 3.08. The Morgan fingerprint density at radius 1 is 1.10 bits per heavy atom. The zero-order valence-electron chi connectivity index (χ0n) is 11.9. The van der Waals surface area contributed by atoms with Crippen LogP contribution in [-0.4, -0.2) is 18.1 Å². The molecular weight excluding hydrogens is 258 g/mol. The summed E-state index contributed by atoms with van der Waals surface area (Å²) in [6.45, 7) is 2.29. The number of hydrogen-bond donors (Lipinski definition) is 0. The molecule has 1 fully saturated rings. The molecule has 2 heterocycles. The lowest BCUT2D eigenvalue weighted by atomic mass is 10.1. The summed E-state index contributed by atoms with van der Waals surface area (Å²) in [7, 11) is 0. The van der Waals surface area contributed by atoms with E-state index in [1.54, 1.807) is 6.20 Å². The van der Waals surface area contributed by atoms with Crippen LogP contribution in [0.2, 0.25) is 0 Å². The van der Waals surface area contributed by atoms with Crippen LogP contribution in [0, 0.1) is 11.3 Å². The summed E-state index contributed by atoms with van der Waals surface area (Å²) in [6.07, 6.45) is 6.15. The molecule has 0 bridgehead atoms. The van der Waals surface area contributed by atoms with E-state index in [-0.39, 0.29) is 0 Å². The number of aromatic nitrogens is 1. The van der Waals surface area contributed by atoms with Crippen LogP contribution in [-0.2, 0) is 0 Å². The smallest absolute Gasteiger partial charge is 0.101 e. The molecule has 3 rings (SSSR count). The van der Waals surface area contributed by atoms with E-state index in [1.165, 1.54) is 18.5 Å². The summed E-state index contributed by atoms with van der Waals surface area (Å²) >= 11 is 0. The number of pyridine rings is 1. The molecule has 3 heteroatoms. The van der Waals surface area contributed by atoms with Crippen molar-refractivity contribution < 1.29 is 0 Å². The van der Waals surface area contributed by atoms with Crippen LogP contribution in [0.1, 0.15) is 24.1 Å². The van der Waals surface area contributed by atoms with Crippen molar-refractivity contribution in [2.75, 3.05) is 18.0 Å². The highest BCUT2D eigenvalue weighted by Gasteiger charge is 2.11. The minimum absolute atomic E-state index is 0.588. The Bertz CT molecular complexity index is 660. The van der Waals surface area contributed by atoms with E-state index in [4.69, 9.17) is 0 Å². The van der Waals surface area contributed by atoms with Crippen LogP contribution in [0.25, 0.3) is 11.6 Å². The van der Waals surface area contributed by atoms with E-state index >= 15 is 0 Å². The summed E-state index contributed by atoms with van der Waals surface area (Å²) in [4.78, 5) is 6.63. The fraction of sp³-hybridized carbons (Fsp3) is 0.222. The molecule has 0 N–H and O–H groups in total. The molecule has 0 aliphatic carbocycles. The van der Waals surface area contributed by atoms with Crippen LogP contribution in [0.15, 0.2) is 48.7 Å². The van der Waals surface area contributed by atoms with Crippen LogP contribution in [0.4, 0.5) is 5.69 Å². The van der Waals surface area contributed by atoms with Gasteiger partial charge in [0.25, 0.3) is 0 Å². The maximum Gasteiger partial charge on any atom is 0.101 e. The highest BCUT2D eigenvalue weighted by atomic mass is 15.1. The number of nitrogens with zero attached hydrogens (tertiary/aromatic N) is 3. The molecule has 0 radical (unpaired) electrons. The number of anilines is 1. The molecule has 1 aliphatic rings. The van der Waals surface area contributed by atoms with Gasteiger partial charge in [0.05, 0.1) is 11.3 Å². The van der Waals surface area contributed by atoms with Gasteiger partial charge in [-0.2, -0.15) is 5.26 Å². The Morgan fingerprint density at radius 3 is 2.48 bits per heavy atom. The minimum atomic E-state index is 0.588. The molecular formula is C18H17N3. The zero-order valence-corrected chi connectivity index (χ0v) is 11.9. The van der Waals surface area contributed by atoms with Gasteiger partial charge >= 0.3 is 0 Å². The van der Waals surface area contributed by atoms with Crippen molar-refractivity contribution in [2.45, 2.75) is 12.8 Å². The number of nitriles is 1. The SMILES string of the molecule is N#CC(=Cc1ccc(N2CCCC2)cc1)c1ccccn1. The normalized spacial score (nSPS) is 15.0. The second-order valence-corrected chi connectivity index (χ2v) is 5.17. The third-order valence-electron chi connectivity index (χ3n) is 3.74. The number of benzene rings is 1. The molecule has 104 valence electrons. The molecule has 3 nitrogen and oxygen atoms in total. The standard InChI is InChI=1S/C18H17N3/c19-14-16(18-5-1-2-10-20-18)13-15-6-8-17(9-7-15)21-11-3-4-12-21/h1-2,5-10,13H,3-4,11-12H2. The van der Waals surface area contributed by atoms with Gasteiger partial charge in [-0.25, -0.2) is 0 Å². The predicted octanol–water partition coefficient (Wildman–Crippen LogP) is 3.75. The minimum Gasteiger partial charge on any atom is -0.372 e. The fourth-order valence-corrected chi connectivity index (χ4v) is 2.61. The molecule has 1 aromatic carbocycles. The zero-order chi connectivity index (χ0) is 14.5. The first-order chi connectivity index (χ1) is 10.4. The van der Waals surface area contributed by atoms with Gasteiger partial charge in [0.15, 0.2) is 0 Å². The molecule has 0 saturated carbocycles. The highest BCUT2D eigenvalue weighted by Crippen LogP contribution is 2.22. The van der Waals surface area contributed by atoms with Crippen molar-refractivity contribution in [3.8, 4) is 6.07 Å². The summed E-state index contributed by atoms with van der Waals surface area (Å²) < 4.78 is 0. The summed E-state index contributed by atoms with van der Waals surface area (Å²) in [5.74, 6) is 0. The first-order valence-corrected chi connectivity index (χ1v) is 7.25. The van der Waals surface area contributed by atoms with Gasteiger partial charge in [0, 0.05) is 25.0 Å². The lowest BCUT2D eigenvalue weighted by Crippen LogP contribution is -2.17. The van der Waals surface area contributed by atoms with Crippen molar-refractivity contribution in [1.29, 1.82) is 5.26 Å². The van der Waals surface area contributed by atoms with Crippen LogP contribution >= 0.6 is 0 Å². The monoisotopic (exact) mass is 275 g/mol. The topological polar surface area (TPSA) is 39.9 Å². The van der Waals surface area contributed by atoms with E-state index in [1.807, 2.05) is 24.3 Å². The van der Waals surface area contributed by atoms with Gasteiger partial charge in [-0.15, -0.1) is 0 Å².